The van der Waals surface area contributed by atoms with Crippen molar-refractivity contribution in [2.45, 2.75) is 33.2 Å². The minimum Gasteiger partial charge on any atom is -0.294 e. The van der Waals surface area contributed by atoms with E-state index in [1.54, 1.807) is 35.2 Å². The van der Waals surface area contributed by atoms with Gasteiger partial charge in [-0.2, -0.15) is 5.21 Å². The molecule has 5 rings (SSSR count). The van der Waals surface area contributed by atoms with Crippen molar-refractivity contribution in [3.63, 3.8) is 0 Å². The van der Waals surface area contributed by atoms with Crippen molar-refractivity contribution in [2.24, 2.45) is 0 Å². The fraction of sp³-hybridized carbons (Fsp3) is 0.185. The van der Waals surface area contributed by atoms with Crippen LogP contribution in [-0.2, 0) is 13.0 Å². The van der Waals surface area contributed by atoms with Gasteiger partial charge in [-0.1, -0.05) is 61.3 Å². The highest BCUT2D eigenvalue weighted by atomic mass is 35.5. The van der Waals surface area contributed by atoms with Gasteiger partial charge in [-0.3, -0.25) is 18.9 Å². The normalized spacial score (nSPS) is 11.1. The van der Waals surface area contributed by atoms with Gasteiger partial charge in [0, 0.05) is 29.2 Å². The van der Waals surface area contributed by atoms with Crippen molar-refractivity contribution in [1.29, 1.82) is 0 Å². The molecule has 2 aromatic carbocycles. The van der Waals surface area contributed by atoms with Crippen molar-refractivity contribution in [1.82, 2.24) is 34.7 Å². The number of halogens is 1. The van der Waals surface area contributed by atoms with Crippen LogP contribution in [0.25, 0.3) is 28.3 Å². The number of imidazole rings is 1. The molecular formula is C27H24ClN7O2. The van der Waals surface area contributed by atoms with Gasteiger partial charge in [0.1, 0.15) is 5.69 Å². The highest BCUT2D eigenvalue weighted by Crippen LogP contribution is 2.28. The van der Waals surface area contributed by atoms with Gasteiger partial charge >= 0.3 is 5.69 Å². The Morgan fingerprint density at radius 1 is 1.08 bits per heavy atom. The molecule has 0 unspecified atom stereocenters. The fourth-order valence-corrected chi connectivity index (χ4v) is 4.67. The van der Waals surface area contributed by atoms with E-state index in [1.807, 2.05) is 36.4 Å². The molecule has 0 spiro atoms. The minimum atomic E-state index is -0.241. The van der Waals surface area contributed by atoms with E-state index in [1.165, 1.54) is 11.5 Å². The lowest BCUT2D eigenvalue weighted by Crippen LogP contribution is -2.25. The van der Waals surface area contributed by atoms with Gasteiger partial charge in [0.15, 0.2) is 5.78 Å². The highest BCUT2D eigenvalue weighted by Gasteiger charge is 2.19. The number of H-pyrrole nitrogens is 1. The molecule has 1 N–H and O–H groups in total. The number of tetrazole rings is 1. The minimum absolute atomic E-state index is 0.152. The Bertz CT molecular complexity index is 1620. The number of nitrogens with zero attached hydrogens (tertiary/aromatic N) is 6. The van der Waals surface area contributed by atoms with Crippen molar-refractivity contribution in [2.75, 3.05) is 0 Å². The quantitative estimate of drug-likeness (QED) is 0.300. The highest BCUT2D eigenvalue weighted by molar-refractivity contribution is 6.33. The number of aromatic amines is 1. The fourth-order valence-electron chi connectivity index (χ4n) is 4.41. The molecule has 10 heteroatoms. The molecular weight excluding hydrogens is 490 g/mol. The van der Waals surface area contributed by atoms with Crippen LogP contribution in [0.5, 0.6) is 0 Å². The van der Waals surface area contributed by atoms with E-state index < -0.39 is 0 Å². The third-order valence-electron chi connectivity index (χ3n) is 6.15. The number of hydrogen-bond acceptors (Lipinski definition) is 6. The van der Waals surface area contributed by atoms with E-state index in [9.17, 15) is 9.59 Å². The Balaban J connectivity index is 1.51. The SMILES string of the molecule is CCCc1cn(-c2c(Cl)cccc2C(C)=O)c(=O)n1Cc1ccc(-c2cccnc2-c2nn[nH]n2)cc1. The number of aromatic nitrogens is 7. The summed E-state index contributed by atoms with van der Waals surface area (Å²) in [6.07, 6.45) is 5.06. The lowest BCUT2D eigenvalue weighted by molar-refractivity contribution is 0.101. The molecule has 0 fully saturated rings. The first kappa shape index (κ1) is 24.3. The largest absolute Gasteiger partial charge is 0.333 e. The summed E-state index contributed by atoms with van der Waals surface area (Å²) in [5.41, 5.74) is 4.86. The third kappa shape index (κ3) is 4.73. The Morgan fingerprint density at radius 2 is 1.89 bits per heavy atom. The number of pyridine rings is 1. The topological polar surface area (TPSA) is 111 Å². The third-order valence-corrected chi connectivity index (χ3v) is 6.45. The van der Waals surface area contributed by atoms with Crippen LogP contribution < -0.4 is 5.69 Å². The first-order valence-corrected chi connectivity index (χ1v) is 12.2. The summed E-state index contributed by atoms with van der Waals surface area (Å²) in [4.78, 5) is 30.3. The zero-order chi connectivity index (χ0) is 25.9. The van der Waals surface area contributed by atoms with E-state index in [-0.39, 0.29) is 11.5 Å². The monoisotopic (exact) mass is 513 g/mol. The van der Waals surface area contributed by atoms with Gasteiger partial charge in [0.25, 0.3) is 0 Å². The Morgan fingerprint density at radius 3 is 2.59 bits per heavy atom. The van der Waals surface area contributed by atoms with Crippen LogP contribution in [0.4, 0.5) is 0 Å². The Hall–Kier alpha value is -4.37. The number of aryl methyl sites for hydroxylation is 1. The molecule has 3 aromatic heterocycles. The van der Waals surface area contributed by atoms with Crippen LogP contribution in [0.1, 0.15) is 41.9 Å². The summed E-state index contributed by atoms with van der Waals surface area (Å²) < 4.78 is 3.23. The lowest BCUT2D eigenvalue weighted by atomic mass is 10.0. The molecule has 186 valence electrons. The molecule has 0 atom stereocenters. The molecule has 37 heavy (non-hydrogen) atoms. The number of carbonyl (C=O) groups is 1. The molecule has 0 amide bonds. The van der Waals surface area contributed by atoms with Gasteiger partial charge < -0.3 is 0 Å². The maximum absolute atomic E-state index is 13.6. The van der Waals surface area contributed by atoms with Gasteiger partial charge in [-0.25, -0.2) is 4.79 Å². The number of Topliss-reactive ketones (excluding diaryl/α,β-unsaturated/α-hetero) is 1. The number of ketones is 1. The standard InChI is InChI=1S/C27H24ClN7O2/c1-3-6-20-16-35(25-21(17(2)36)7-4-9-23(25)28)27(37)34(20)15-18-10-12-19(13-11-18)22-8-5-14-29-24(22)26-30-32-33-31-26/h4-5,7-14,16H,3,6,15H2,1-2H3,(H,30,31,32,33). The number of benzene rings is 2. The summed E-state index contributed by atoms with van der Waals surface area (Å²) in [6, 6.07) is 16.8. The zero-order valence-corrected chi connectivity index (χ0v) is 21.1. The van der Waals surface area contributed by atoms with Crippen molar-refractivity contribution in [3.05, 3.63) is 99.3 Å². The van der Waals surface area contributed by atoms with Crippen LogP contribution in [0, 0.1) is 0 Å². The van der Waals surface area contributed by atoms with Crippen molar-refractivity contribution >= 4 is 17.4 Å². The number of para-hydroxylation sites is 1. The van der Waals surface area contributed by atoms with E-state index in [0.717, 1.165) is 28.8 Å². The first-order chi connectivity index (χ1) is 18.0. The molecule has 5 aromatic rings. The second-order valence-electron chi connectivity index (χ2n) is 8.63. The van der Waals surface area contributed by atoms with E-state index >= 15 is 0 Å². The lowest BCUT2D eigenvalue weighted by Gasteiger charge is -2.10. The number of nitrogens with one attached hydrogen (secondary N) is 1. The Kier molecular flexibility index (Phi) is 6.78. The van der Waals surface area contributed by atoms with Crippen molar-refractivity contribution in [3.8, 4) is 28.3 Å². The summed E-state index contributed by atoms with van der Waals surface area (Å²) in [5, 5.41) is 14.6. The van der Waals surface area contributed by atoms with E-state index in [0.29, 0.717) is 40.8 Å². The van der Waals surface area contributed by atoms with Crippen LogP contribution in [0.3, 0.4) is 0 Å². The number of hydrogen-bond donors (Lipinski definition) is 1. The summed E-state index contributed by atoms with van der Waals surface area (Å²) in [5.74, 6) is 0.265. The maximum Gasteiger partial charge on any atom is 0.333 e. The second-order valence-corrected chi connectivity index (χ2v) is 9.04. The maximum atomic E-state index is 13.6. The molecule has 0 aliphatic rings. The van der Waals surface area contributed by atoms with Gasteiger partial charge in [-0.05, 0) is 47.9 Å². The molecule has 0 saturated carbocycles. The predicted octanol–water partition coefficient (Wildman–Crippen LogP) is 4.74. The average Bonchev–Trinajstić information content (AvgIpc) is 3.54. The molecule has 0 aliphatic heterocycles. The molecule has 0 radical (unpaired) electrons. The summed E-state index contributed by atoms with van der Waals surface area (Å²) >= 11 is 6.46. The first-order valence-electron chi connectivity index (χ1n) is 11.9. The van der Waals surface area contributed by atoms with Gasteiger partial charge in [0.05, 0.1) is 17.3 Å². The smallest absolute Gasteiger partial charge is 0.294 e. The van der Waals surface area contributed by atoms with Crippen LogP contribution in [-0.4, -0.2) is 40.5 Å². The number of carbonyl (C=O) groups excluding carboxylic acids is 1. The second kappa shape index (κ2) is 10.3. The zero-order valence-electron chi connectivity index (χ0n) is 20.3. The molecule has 9 nitrogen and oxygen atoms in total. The number of rotatable bonds is 8. The van der Waals surface area contributed by atoms with Gasteiger partial charge in [0.2, 0.25) is 5.82 Å². The molecule has 0 bridgehead atoms. The summed E-state index contributed by atoms with van der Waals surface area (Å²) in [7, 11) is 0. The van der Waals surface area contributed by atoms with Gasteiger partial charge in [-0.15, -0.1) is 10.2 Å². The van der Waals surface area contributed by atoms with E-state index in [4.69, 9.17) is 11.6 Å². The van der Waals surface area contributed by atoms with Crippen LogP contribution in [0.15, 0.2) is 71.8 Å². The van der Waals surface area contributed by atoms with Crippen LogP contribution in [0.2, 0.25) is 5.02 Å². The van der Waals surface area contributed by atoms with Crippen molar-refractivity contribution < 1.29 is 4.79 Å². The summed E-state index contributed by atoms with van der Waals surface area (Å²) in [6.45, 7) is 3.91. The van der Waals surface area contributed by atoms with E-state index in [2.05, 4.69) is 32.5 Å². The molecule has 3 heterocycles. The van der Waals surface area contributed by atoms with Crippen LogP contribution >= 0.6 is 11.6 Å². The average molecular weight is 514 g/mol. The molecule has 0 aliphatic carbocycles. The Labute approximate surface area is 217 Å². The molecule has 0 saturated heterocycles. The predicted molar refractivity (Wildman–Crippen MR) is 141 cm³/mol.